The van der Waals surface area contributed by atoms with Crippen LogP contribution in [-0.2, 0) is 5.41 Å². The number of hydrogen-bond donors (Lipinski definition) is 1. The van der Waals surface area contributed by atoms with Crippen molar-refractivity contribution in [2.45, 2.75) is 26.2 Å². The molecule has 2 rings (SSSR count). The van der Waals surface area contributed by atoms with Crippen molar-refractivity contribution in [3.63, 3.8) is 0 Å². The lowest BCUT2D eigenvalue weighted by Gasteiger charge is -2.11. The summed E-state index contributed by atoms with van der Waals surface area (Å²) in [7, 11) is 0. The van der Waals surface area contributed by atoms with Crippen LogP contribution in [0.5, 0.6) is 10.9 Å². The number of benzene rings is 1. The van der Waals surface area contributed by atoms with Gasteiger partial charge in [0.15, 0.2) is 5.82 Å². The van der Waals surface area contributed by atoms with Crippen molar-refractivity contribution in [2.24, 2.45) is 0 Å². The molecule has 1 aromatic carbocycles. The van der Waals surface area contributed by atoms with Crippen LogP contribution < -0.4 is 10.5 Å². The third kappa shape index (κ3) is 2.94. The molecule has 0 radical (unpaired) electrons. The Morgan fingerprint density at radius 2 is 2.06 bits per heavy atom. The Hall–Kier alpha value is -1.62. The van der Waals surface area contributed by atoms with Gasteiger partial charge in [0.2, 0.25) is 0 Å². The minimum absolute atomic E-state index is 0.0617. The minimum atomic E-state index is -0.0617. The van der Waals surface area contributed by atoms with Crippen molar-refractivity contribution in [3.05, 3.63) is 30.1 Å². The van der Waals surface area contributed by atoms with E-state index in [0.717, 1.165) is 5.82 Å². The largest absolute Gasteiger partial charge is 0.430 e. The summed E-state index contributed by atoms with van der Waals surface area (Å²) >= 11 is 1.25. The Morgan fingerprint density at radius 3 is 2.65 bits per heavy atom. The number of rotatable bonds is 2. The molecule has 0 saturated carbocycles. The summed E-state index contributed by atoms with van der Waals surface area (Å²) in [5.74, 6) is 1.48. The molecule has 90 valence electrons. The maximum absolute atomic E-state index is 5.67. The van der Waals surface area contributed by atoms with Gasteiger partial charge in [-0.2, -0.15) is 9.36 Å². The van der Waals surface area contributed by atoms with Gasteiger partial charge in [-0.3, -0.25) is 0 Å². The Bertz CT molecular complexity index is 516. The van der Waals surface area contributed by atoms with Crippen molar-refractivity contribution < 1.29 is 4.74 Å². The van der Waals surface area contributed by atoms with Crippen molar-refractivity contribution in [1.29, 1.82) is 0 Å². The van der Waals surface area contributed by atoms with E-state index in [1.807, 2.05) is 18.2 Å². The smallest absolute Gasteiger partial charge is 0.298 e. The lowest BCUT2D eigenvalue weighted by atomic mass is 9.96. The van der Waals surface area contributed by atoms with E-state index in [9.17, 15) is 0 Å². The molecular formula is C12H15N3OS. The van der Waals surface area contributed by atoms with Crippen LogP contribution >= 0.6 is 11.5 Å². The average molecular weight is 249 g/mol. The zero-order valence-electron chi connectivity index (χ0n) is 10.1. The summed E-state index contributed by atoms with van der Waals surface area (Å²) in [6.45, 7) is 6.21. The fourth-order valence-electron chi connectivity index (χ4n) is 1.23. The van der Waals surface area contributed by atoms with Crippen LogP contribution in [-0.4, -0.2) is 9.36 Å². The van der Waals surface area contributed by atoms with Crippen molar-refractivity contribution >= 4 is 17.2 Å². The second-order valence-corrected chi connectivity index (χ2v) is 5.52. The van der Waals surface area contributed by atoms with Gasteiger partial charge in [-0.25, -0.2) is 0 Å². The van der Waals surface area contributed by atoms with Gasteiger partial charge in [-0.15, -0.1) is 0 Å². The molecular weight excluding hydrogens is 234 g/mol. The summed E-state index contributed by atoms with van der Waals surface area (Å²) < 4.78 is 9.88. The van der Waals surface area contributed by atoms with Gasteiger partial charge in [-0.1, -0.05) is 26.8 Å². The molecule has 0 aliphatic heterocycles. The number of nitrogen functional groups attached to an aromatic ring is 1. The number of nitrogens with two attached hydrogens (primary N) is 1. The maximum Gasteiger partial charge on any atom is 0.298 e. The molecule has 4 nitrogen and oxygen atoms in total. The van der Waals surface area contributed by atoms with Crippen LogP contribution in [0.4, 0.5) is 5.69 Å². The summed E-state index contributed by atoms with van der Waals surface area (Å²) in [5.41, 5.74) is 6.28. The third-order valence-corrected chi connectivity index (χ3v) is 2.74. The topological polar surface area (TPSA) is 61.0 Å². The zero-order chi connectivity index (χ0) is 12.5. The fraction of sp³-hybridized carbons (Fsp3) is 0.333. The standard InChI is InChI=1S/C12H15N3OS/c1-12(2,3)10-14-11(17-15-10)16-9-6-4-5-8(13)7-9/h4-7H,13H2,1-3H3. The van der Waals surface area contributed by atoms with Crippen molar-refractivity contribution in [3.8, 4) is 10.9 Å². The third-order valence-electron chi connectivity index (χ3n) is 2.14. The normalized spacial score (nSPS) is 11.5. The molecule has 5 heteroatoms. The molecule has 0 saturated heterocycles. The molecule has 0 atom stereocenters. The van der Waals surface area contributed by atoms with Crippen LogP contribution in [0.1, 0.15) is 26.6 Å². The molecule has 1 aromatic heterocycles. The highest BCUT2D eigenvalue weighted by Crippen LogP contribution is 2.28. The molecule has 0 spiro atoms. The SMILES string of the molecule is CC(C)(C)c1nsc(Oc2cccc(N)c2)n1. The Kier molecular flexibility index (Phi) is 3.02. The van der Waals surface area contributed by atoms with Gasteiger partial charge in [0.25, 0.3) is 5.19 Å². The predicted octanol–water partition coefficient (Wildman–Crippen LogP) is 3.21. The second kappa shape index (κ2) is 4.33. The number of ether oxygens (including phenoxy) is 1. The first-order valence-electron chi connectivity index (χ1n) is 5.33. The van der Waals surface area contributed by atoms with Gasteiger partial charge < -0.3 is 10.5 Å². The molecule has 0 aliphatic rings. The molecule has 0 aliphatic carbocycles. The first-order chi connectivity index (χ1) is 7.95. The average Bonchev–Trinajstić information content (AvgIpc) is 2.65. The van der Waals surface area contributed by atoms with E-state index in [-0.39, 0.29) is 5.41 Å². The number of nitrogens with zero attached hydrogens (tertiary/aromatic N) is 2. The lowest BCUT2D eigenvalue weighted by molar-refractivity contribution is 0.468. The fourth-order valence-corrected chi connectivity index (χ4v) is 1.97. The van der Waals surface area contributed by atoms with Gasteiger partial charge in [0.1, 0.15) is 5.75 Å². The molecule has 2 aromatic rings. The minimum Gasteiger partial charge on any atom is -0.430 e. The highest BCUT2D eigenvalue weighted by atomic mass is 32.1. The maximum atomic E-state index is 5.67. The van der Waals surface area contributed by atoms with E-state index in [1.54, 1.807) is 6.07 Å². The zero-order valence-corrected chi connectivity index (χ0v) is 10.9. The molecule has 0 amide bonds. The van der Waals surface area contributed by atoms with Crippen LogP contribution in [0.3, 0.4) is 0 Å². The summed E-state index contributed by atoms with van der Waals surface area (Å²) in [4.78, 5) is 4.35. The molecule has 2 N–H and O–H groups in total. The van der Waals surface area contributed by atoms with E-state index in [2.05, 4.69) is 30.1 Å². The van der Waals surface area contributed by atoms with Crippen LogP contribution in [0.25, 0.3) is 0 Å². The first kappa shape index (κ1) is 11.9. The molecule has 0 bridgehead atoms. The Balaban J connectivity index is 2.17. The lowest BCUT2D eigenvalue weighted by Crippen LogP contribution is -2.12. The Morgan fingerprint density at radius 1 is 1.29 bits per heavy atom. The van der Waals surface area contributed by atoms with E-state index in [0.29, 0.717) is 16.6 Å². The first-order valence-corrected chi connectivity index (χ1v) is 6.10. The molecule has 0 unspecified atom stereocenters. The van der Waals surface area contributed by atoms with Gasteiger partial charge in [0.05, 0.1) is 0 Å². The van der Waals surface area contributed by atoms with Gasteiger partial charge in [-0.05, 0) is 12.1 Å². The molecule has 0 fully saturated rings. The van der Waals surface area contributed by atoms with Crippen molar-refractivity contribution in [2.75, 3.05) is 5.73 Å². The van der Waals surface area contributed by atoms with E-state index >= 15 is 0 Å². The quantitative estimate of drug-likeness (QED) is 0.830. The van der Waals surface area contributed by atoms with E-state index < -0.39 is 0 Å². The van der Waals surface area contributed by atoms with E-state index in [4.69, 9.17) is 10.5 Å². The van der Waals surface area contributed by atoms with Crippen LogP contribution in [0.15, 0.2) is 24.3 Å². The Labute approximate surface area is 105 Å². The summed E-state index contributed by atoms with van der Waals surface area (Å²) in [6, 6.07) is 7.26. The van der Waals surface area contributed by atoms with E-state index in [1.165, 1.54) is 11.5 Å². The van der Waals surface area contributed by atoms with Gasteiger partial charge >= 0.3 is 0 Å². The summed E-state index contributed by atoms with van der Waals surface area (Å²) in [5, 5.41) is 0.542. The second-order valence-electron chi connectivity index (χ2n) is 4.81. The van der Waals surface area contributed by atoms with Crippen LogP contribution in [0.2, 0.25) is 0 Å². The number of hydrogen-bond acceptors (Lipinski definition) is 5. The van der Waals surface area contributed by atoms with Crippen molar-refractivity contribution in [1.82, 2.24) is 9.36 Å². The highest BCUT2D eigenvalue weighted by molar-refractivity contribution is 7.07. The summed E-state index contributed by atoms with van der Waals surface area (Å²) in [6.07, 6.45) is 0. The number of aromatic nitrogens is 2. The van der Waals surface area contributed by atoms with Gasteiger partial charge in [0, 0.05) is 28.7 Å². The monoisotopic (exact) mass is 249 g/mol. The van der Waals surface area contributed by atoms with Crippen LogP contribution in [0, 0.1) is 0 Å². The number of anilines is 1. The molecule has 1 heterocycles. The highest BCUT2D eigenvalue weighted by Gasteiger charge is 2.20. The predicted molar refractivity (Wildman–Crippen MR) is 69.5 cm³/mol. The molecule has 17 heavy (non-hydrogen) atoms.